The molecule has 1 aromatic rings. The highest BCUT2D eigenvalue weighted by Crippen LogP contribution is 2.24. The number of amides is 2. The summed E-state index contributed by atoms with van der Waals surface area (Å²) >= 11 is 1.24. The molecule has 0 spiro atoms. The molecule has 1 aliphatic carbocycles. The summed E-state index contributed by atoms with van der Waals surface area (Å²) in [7, 11) is 0. The first-order valence-corrected chi connectivity index (χ1v) is 6.22. The summed E-state index contributed by atoms with van der Waals surface area (Å²) in [5, 5.41) is 15.2. The second kappa shape index (κ2) is 4.85. The number of aliphatic hydroxyl groups is 1. The molecule has 1 aliphatic rings. The van der Waals surface area contributed by atoms with Crippen molar-refractivity contribution in [3.05, 3.63) is 17.0 Å². The first kappa shape index (κ1) is 12.1. The first-order valence-electron chi connectivity index (χ1n) is 5.41. The van der Waals surface area contributed by atoms with Crippen LogP contribution >= 0.6 is 11.3 Å². The molecule has 5 nitrogen and oxygen atoms in total. The lowest BCUT2D eigenvalue weighted by molar-refractivity contribution is -0.114. The summed E-state index contributed by atoms with van der Waals surface area (Å²) in [5.74, 6) is -0.301. The van der Waals surface area contributed by atoms with Crippen LogP contribution in [-0.4, -0.2) is 29.1 Å². The summed E-state index contributed by atoms with van der Waals surface area (Å²) in [6.45, 7) is 1.43. The molecule has 0 saturated heterocycles. The predicted octanol–water partition coefficient (Wildman–Crippen LogP) is 0.960. The van der Waals surface area contributed by atoms with Crippen molar-refractivity contribution in [3.63, 3.8) is 0 Å². The lowest BCUT2D eigenvalue weighted by atomic mass is 9.89. The van der Waals surface area contributed by atoms with Crippen LogP contribution in [0.15, 0.2) is 12.1 Å². The molecule has 0 aliphatic heterocycles. The van der Waals surface area contributed by atoms with Crippen LogP contribution in [0, 0.1) is 0 Å². The van der Waals surface area contributed by atoms with Gasteiger partial charge in [0.25, 0.3) is 5.91 Å². The molecule has 6 heteroatoms. The second-order valence-corrected chi connectivity index (χ2v) is 5.22. The molecule has 1 aromatic heterocycles. The van der Waals surface area contributed by atoms with Crippen LogP contribution in [0.5, 0.6) is 0 Å². The van der Waals surface area contributed by atoms with Crippen LogP contribution in [0.2, 0.25) is 0 Å². The van der Waals surface area contributed by atoms with Crippen molar-refractivity contribution in [2.45, 2.75) is 31.9 Å². The van der Waals surface area contributed by atoms with Crippen molar-refractivity contribution in [3.8, 4) is 0 Å². The number of carbonyl (C=O) groups is 2. The van der Waals surface area contributed by atoms with Gasteiger partial charge in [0.05, 0.1) is 16.0 Å². The van der Waals surface area contributed by atoms with Crippen molar-refractivity contribution in [2.75, 3.05) is 5.32 Å². The minimum atomic E-state index is -0.279. The SMILES string of the molecule is CC(=O)Nc1ccc(C(=O)NC2CC(O)C2)s1. The maximum atomic E-state index is 11.8. The van der Waals surface area contributed by atoms with Gasteiger partial charge in [-0.25, -0.2) is 0 Å². The van der Waals surface area contributed by atoms with Crippen molar-refractivity contribution in [1.82, 2.24) is 5.32 Å². The summed E-state index contributed by atoms with van der Waals surface area (Å²) in [6.07, 6.45) is 0.962. The van der Waals surface area contributed by atoms with E-state index in [1.54, 1.807) is 12.1 Å². The molecule has 1 saturated carbocycles. The highest BCUT2D eigenvalue weighted by Gasteiger charge is 2.28. The Bertz CT molecular complexity index is 438. The first-order chi connectivity index (χ1) is 8.04. The molecular weight excluding hydrogens is 240 g/mol. The third-order valence-electron chi connectivity index (χ3n) is 2.58. The van der Waals surface area contributed by atoms with Crippen LogP contribution in [0.1, 0.15) is 29.4 Å². The molecule has 0 bridgehead atoms. The molecule has 1 fully saturated rings. The fraction of sp³-hybridized carbons (Fsp3) is 0.455. The van der Waals surface area contributed by atoms with Gasteiger partial charge in [0.15, 0.2) is 0 Å². The van der Waals surface area contributed by atoms with Crippen molar-refractivity contribution in [2.24, 2.45) is 0 Å². The van der Waals surface area contributed by atoms with Crippen molar-refractivity contribution >= 4 is 28.2 Å². The van der Waals surface area contributed by atoms with E-state index in [-0.39, 0.29) is 24.0 Å². The largest absolute Gasteiger partial charge is 0.393 e. The minimum Gasteiger partial charge on any atom is -0.393 e. The van der Waals surface area contributed by atoms with E-state index in [1.807, 2.05) is 0 Å². The van der Waals surface area contributed by atoms with Gasteiger partial charge in [-0.15, -0.1) is 11.3 Å². The number of hydrogen-bond donors (Lipinski definition) is 3. The standard InChI is InChI=1S/C11H14N2O3S/c1-6(14)12-10-3-2-9(17-10)11(16)13-7-4-8(15)5-7/h2-3,7-8,15H,4-5H2,1H3,(H,12,14)(H,13,16). The molecule has 3 N–H and O–H groups in total. The molecule has 2 rings (SSSR count). The lowest BCUT2D eigenvalue weighted by Gasteiger charge is -2.31. The molecule has 0 unspecified atom stereocenters. The van der Waals surface area contributed by atoms with Gasteiger partial charge < -0.3 is 15.7 Å². The quantitative estimate of drug-likeness (QED) is 0.751. The zero-order valence-electron chi connectivity index (χ0n) is 9.40. The molecule has 92 valence electrons. The Balaban J connectivity index is 1.90. The van der Waals surface area contributed by atoms with E-state index in [4.69, 9.17) is 5.11 Å². The van der Waals surface area contributed by atoms with Crippen LogP contribution < -0.4 is 10.6 Å². The summed E-state index contributed by atoms with van der Waals surface area (Å²) < 4.78 is 0. The number of carbonyl (C=O) groups excluding carboxylic acids is 2. The molecule has 0 radical (unpaired) electrons. The Kier molecular flexibility index (Phi) is 3.44. The zero-order chi connectivity index (χ0) is 12.4. The van der Waals surface area contributed by atoms with Crippen molar-refractivity contribution in [1.29, 1.82) is 0 Å². The number of nitrogens with one attached hydrogen (secondary N) is 2. The predicted molar refractivity (Wildman–Crippen MR) is 65.1 cm³/mol. The van der Waals surface area contributed by atoms with Crippen molar-refractivity contribution < 1.29 is 14.7 Å². The summed E-state index contributed by atoms with van der Waals surface area (Å²) in [4.78, 5) is 23.2. The topological polar surface area (TPSA) is 78.4 Å². The van der Waals surface area contributed by atoms with Gasteiger partial charge in [0.1, 0.15) is 0 Å². The highest BCUT2D eigenvalue weighted by molar-refractivity contribution is 7.18. The molecule has 0 aromatic carbocycles. The fourth-order valence-corrected chi connectivity index (χ4v) is 2.52. The average Bonchev–Trinajstić information content (AvgIpc) is 2.62. The van der Waals surface area contributed by atoms with Gasteiger partial charge in [-0.1, -0.05) is 0 Å². The Morgan fingerprint density at radius 3 is 2.71 bits per heavy atom. The van der Waals surface area contributed by atoms with Gasteiger partial charge in [-0.3, -0.25) is 9.59 Å². The van der Waals surface area contributed by atoms with E-state index in [0.717, 1.165) is 0 Å². The molecule has 2 amide bonds. The van der Waals surface area contributed by atoms with Crippen LogP contribution in [0.4, 0.5) is 5.00 Å². The minimum absolute atomic E-state index is 0.0730. The van der Waals surface area contributed by atoms with Gasteiger partial charge in [0, 0.05) is 13.0 Å². The second-order valence-electron chi connectivity index (χ2n) is 4.14. The zero-order valence-corrected chi connectivity index (χ0v) is 10.2. The van der Waals surface area contributed by atoms with Crippen LogP contribution in [-0.2, 0) is 4.79 Å². The maximum absolute atomic E-state index is 11.8. The highest BCUT2D eigenvalue weighted by atomic mass is 32.1. The number of thiophene rings is 1. The van der Waals surface area contributed by atoms with Crippen LogP contribution in [0.3, 0.4) is 0 Å². The molecular formula is C11H14N2O3S. The molecule has 0 atom stereocenters. The van der Waals surface area contributed by atoms with Gasteiger partial charge in [-0.2, -0.15) is 0 Å². The lowest BCUT2D eigenvalue weighted by Crippen LogP contribution is -2.46. The van der Waals surface area contributed by atoms with E-state index >= 15 is 0 Å². The van der Waals surface area contributed by atoms with E-state index in [2.05, 4.69) is 10.6 Å². The number of hydrogen-bond acceptors (Lipinski definition) is 4. The van der Waals surface area contributed by atoms with E-state index in [0.29, 0.717) is 22.7 Å². The Morgan fingerprint density at radius 1 is 1.41 bits per heavy atom. The third-order valence-corrected chi connectivity index (χ3v) is 3.58. The van der Waals surface area contributed by atoms with E-state index in [1.165, 1.54) is 18.3 Å². The molecule has 1 heterocycles. The smallest absolute Gasteiger partial charge is 0.261 e. The number of aliphatic hydroxyl groups excluding tert-OH is 1. The third kappa shape index (κ3) is 3.04. The summed E-state index contributed by atoms with van der Waals surface area (Å²) in [5.41, 5.74) is 0. The Hall–Kier alpha value is -1.40. The summed E-state index contributed by atoms with van der Waals surface area (Å²) in [6, 6.07) is 3.46. The van der Waals surface area contributed by atoms with Gasteiger partial charge in [0.2, 0.25) is 5.91 Å². The van der Waals surface area contributed by atoms with Gasteiger partial charge >= 0.3 is 0 Å². The van der Waals surface area contributed by atoms with E-state index in [9.17, 15) is 9.59 Å². The Labute approximate surface area is 103 Å². The fourth-order valence-electron chi connectivity index (χ4n) is 1.66. The monoisotopic (exact) mass is 254 g/mol. The number of anilines is 1. The Morgan fingerprint density at radius 2 is 2.12 bits per heavy atom. The normalized spacial score (nSPS) is 22.7. The van der Waals surface area contributed by atoms with E-state index < -0.39 is 0 Å². The molecule has 17 heavy (non-hydrogen) atoms. The maximum Gasteiger partial charge on any atom is 0.261 e. The average molecular weight is 254 g/mol. The van der Waals surface area contributed by atoms with Crippen LogP contribution in [0.25, 0.3) is 0 Å². The number of rotatable bonds is 3. The van der Waals surface area contributed by atoms with Gasteiger partial charge in [-0.05, 0) is 25.0 Å².